The molecule has 2 aromatic rings. The third-order valence-electron chi connectivity index (χ3n) is 2.29. The van der Waals surface area contributed by atoms with Gasteiger partial charge in [-0.3, -0.25) is 9.81 Å². The summed E-state index contributed by atoms with van der Waals surface area (Å²) < 4.78 is 1.90. The molecule has 0 fully saturated rings. The highest BCUT2D eigenvalue weighted by molar-refractivity contribution is 5.94. The van der Waals surface area contributed by atoms with Gasteiger partial charge in [0.2, 0.25) is 0 Å². The van der Waals surface area contributed by atoms with Gasteiger partial charge in [-0.25, -0.2) is 4.98 Å². The van der Waals surface area contributed by atoms with E-state index >= 15 is 0 Å². The van der Waals surface area contributed by atoms with E-state index in [0.29, 0.717) is 5.69 Å². The van der Waals surface area contributed by atoms with Gasteiger partial charge in [-0.15, -0.1) is 0 Å². The van der Waals surface area contributed by atoms with E-state index in [4.69, 9.17) is 11.1 Å². The van der Waals surface area contributed by atoms with Gasteiger partial charge in [-0.1, -0.05) is 6.07 Å². The zero-order valence-corrected chi connectivity index (χ0v) is 8.20. The fraction of sp³-hybridized carbons (Fsp3) is 0.200. The molecule has 0 radical (unpaired) electrons. The number of aryl methyl sites for hydroxylation is 2. The molecule has 0 amide bonds. The fourth-order valence-electron chi connectivity index (χ4n) is 1.70. The SMILES string of the molecule is Cc1nc(C)n2c(C(=N)N)cccc12. The molecular weight excluding hydrogens is 176 g/mol. The first-order valence-corrected chi connectivity index (χ1v) is 4.40. The highest BCUT2D eigenvalue weighted by Gasteiger charge is 2.08. The lowest BCUT2D eigenvalue weighted by Gasteiger charge is -2.04. The lowest BCUT2D eigenvalue weighted by Crippen LogP contribution is -2.15. The minimum Gasteiger partial charge on any atom is -0.382 e. The first kappa shape index (κ1) is 8.74. The van der Waals surface area contributed by atoms with E-state index in [2.05, 4.69) is 4.98 Å². The number of pyridine rings is 1. The average molecular weight is 188 g/mol. The predicted octanol–water partition coefficient (Wildman–Crippen LogP) is 1.24. The molecule has 0 spiro atoms. The number of amidine groups is 1. The highest BCUT2D eigenvalue weighted by atomic mass is 15.0. The minimum absolute atomic E-state index is 0.0658. The molecule has 0 aliphatic carbocycles. The smallest absolute Gasteiger partial charge is 0.140 e. The van der Waals surface area contributed by atoms with Crippen LogP contribution in [0.3, 0.4) is 0 Å². The molecule has 72 valence electrons. The number of nitrogens with one attached hydrogen (secondary N) is 1. The quantitative estimate of drug-likeness (QED) is 0.522. The molecule has 0 aliphatic rings. The maximum absolute atomic E-state index is 7.45. The van der Waals surface area contributed by atoms with Crippen molar-refractivity contribution >= 4 is 11.4 Å². The molecule has 3 N–H and O–H groups in total. The number of aromatic nitrogens is 2. The summed E-state index contributed by atoms with van der Waals surface area (Å²) in [4.78, 5) is 4.34. The second-order valence-corrected chi connectivity index (χ2v) is 3.29. The summed E-state index contributed by atoms with van der Waals surface area (Å²) >= 11 is 0. The van der Waals surface area contributed by atoms with E-state index in [1.54, 1.807) is 0 Å². The van der Waals surface area contributed by atoms with Gasteiger partial charge in [0.25, 0.3) is 0 Å². The summed E-state index contributed by atoms with van der Waals surface area (Å²) in [5.41, 5.74) is 8.16. The highest BCUT2D eigenvalue weighted by Crippen LogP contribution is 2.14. The van der Waals surface area contributed by atoms with Crippen LogP contribution in [0.5, 0.6) is 0 Å². The summed E-state index contributed by atoms with van der Waals surface area (Å²) in [6.45, 7) is 3.86. The molecule has 4 heteroatoms. The van der Waals surface area contributed by atoms with Crippen LogP contribution in [0.15, 0.2) is 18.2 Å². The van der Waals surface area contributed by atoms with Crippen LogP contribution in [-0.4, -0.2) is 15.2 Å². The number of nitrogens with two attached hydrogens (primary N) is 1. The molecule has 2 aromatic heterocycles. The van der Waals surface area contributed by atoms with E-state index in [-0.39, 0.29) is 5.84 Å². The Labute approximate surface area is 81.9 Å². The van der Waals surface area contributed by atoms with Gasteiger partial charge in [0.1, 0.15) is 11.7 Å². The predicted molar refractivity (Wildman–Crippen MR) is 55.7 cm³/mol. The maximum Gasteiger partial charge on any atom is 0.140 e. The largest absolute Gasteiger partial charge is 0.382 e. The maximum atomic E-state index is 7.45. The Bertz CT molecular complexity index is 510. The molecule has 0 aliphatic heterocycles. The van der Waals surface area contributed by atoms with Crippen molar-refractivity contribution < 1.29 is 0 Å². The van der Waals surface area contributed by atoms with Crippen LogP contribution in [0.25, 0.3) is 5.52 Å². The zero-order valence-electron chi connectivity index (χ0n) is 8.20. The Kier molecular flexibility index (Phi) is 1.77. The molecule has 0 aromatic carbocycles. The van der Waals surface area contributed by atoms with Crippen LogP contribution in [0.4, 0.5) is 0 Å². The Hall–Kier alpha value is -1.84. The normalized spacial score (nSPS) is 10.7. The van der Waals surface area contributed by atoms with E-state index in [1.165, 1.54) is 0 Å². The number of fused-ring (bicyclic) bond motifs is 1. The molecule has 0 atom stereocenters. The summed E-state index contributed by atoms with van der Waals surface area (Å²) in [7, 11) is 0. The number of rotatable bonds is 1. The molecule has 4 nitrogen and oxygen atoms in total. The lowest BCUT2D eigenvalue weighted by atomic mass is 10.3. The third kappa shape index (κ3) is 1.08. The molecular formula is C10H12N4. The van der Waals surface area contributed by atoms with Crippen molar-refractivity contribution in [1.29, 1.82) is 5.41 Å². The first-order valence-electron chi connectivity index (χ1n) is 4.40. The molecule has 0 saturated heterocycles. The molecule has 0 unspecified atom stereocenters. The van der Waals surface area contributed by atoms with Crippen molar-refractivity contribution in [3.05, 3.63) is 35.4 Å². The minimum atomic E-state index is 0.0658. The molecule has 2 rings (SSSR count). The van der Waals surface area contributed by atoms with Crippen LogP contribution < -0.4 is 5.73 Å². The number of hydrogen-bond donors (Lipinski definition) is 2. The van der Waals surface area contributed by atoms with Gasteiger partial charge in [0.05, 0.1) is 16.9 Å². The monoisotopic (exact) mass is 188 g/mol. The van der Waals surface area contributed by atoms with Crippen molar-refractivity contribution in [2.45, 2.75) is 13.8 Å². The van der Waals surface area contributed by atoms with Crippen LogP contribution in [-0.2, 0) is 0 Å². The molecule has 0 saturated carbocycles. The number of nitrogen functional groups attached to an aromatic ring is 1. The van der Waals surface area contributed by atoms with Crippen LogP contribution in [0.2, 0.25) is 0 Å². The molecule has 14 heavy (non-hydrogen) atoms. The van der Waals surface area contributed by atoms with Gasteiger partial charge < -0.3 is 5.73 Å². The number of imidazole rings is 1. The Morgan fingerprint density at radius 2 is 2.14 bits per heavy atom. The van der Waals surface area contributed by atoms with E-state index < -0.39 is 0 Å². The second-order valence-electron chi connectivity index (χ2n) is 3.29. The summed E-state index contributed by atoms with van der Waals surface area (Å²) in [6.07, 6.45) is 0. The van der Waals surface area contributed by atoms with Crippen molar-refractivity contribution in [3.8, 4) is 0 Å². The van der Waals surface area contributed by atoms with Gasteiger partial charge in [-0.05, 0) is 26.0 Å². The summed E-state index contributed by atoms with van der Waals surface area (Å²) in [5, 5.41) is 7.45. The van der Waals surface area contributed by atoms with Crippen molar-refractivity contribution in [2.75, 3.05) is 0 Å². The van der Waals surface area contributed by atoms with Crippen molar-refractivity contribution in [3.63, 3.8) is 0 Å². The fourth-order valence-corrected chi connectivity index (χ4v) is 1.70. The van der Waals surface area contributed by atoms with Gasteiger partial charge in [0.15, 0.2) is 0 Å². The Morgan fingerprint density at radius 3 is 2.79 bits per heavy atom. The standard InChI is InChI=1S/C10H12N4/c1-6-8-4-3-5-9(10(11)12)14(8)7(2)13-6/h3-5H,1-2H3,(H3,11,12). The summed E-state index contributed by atoms with van der Waals surface area (Å²) in [6, 6.07) is 5.69. The number of nitrogens with zero attached hydrogens (tertiary/aromatic N) is 2. The van der Waals surface area contributed by atoms with Crippen molar-refractivity contribution in [2.24, 2.45) is 5.73 Å². The first-order chi connectivity index (χ1) is 6.61. The molecule has 2 heterocycles. The zero-order chi connectivity index (χ0) is 10.3. The number of hydrogen-bond acceptors (Lipinski definition) is 2. The Balaban J connectivity index is 2.92. The van der Waals surface area contributed by atoms with Gasteiger partial charge >= 0.3 is 0 Å². The lowest BCUT2D eigenvalue weighted by molar-refractivity contribution is 1.02. The average Bonchev–Trinajstić information content (AvgIpc) is 2.43. The second kappa shape index (κ2) is 2.83. The van der Waals surface area contributed by atoms with Crippen LogP contribution in [0, 0.1) is 19.3 Å². The van der Waals surface area contributed by atoms with Crippen LogP contribution in [0.1, 0.15) is 17.2 Å². The van der Waals surface area contributed by atoms with Gasteiger partial charge in [0, 0.05) is 0 Å². The van der Waals surface area contributed by atoms with E-state index in [1.807, 2.05) is 36.4 Å². The topological polar surface area (TPSA) is 67.2 Å². The van der Waals surface area contributed by atoms with Crippen LogP contribution >= 0.6 is 0 Å². The van der Waals surface area contributed by atoms with E-state index in [9.17, 15) is 0 Å². The van der Waals surface area contributed by atoms with Crippen molar-refractivity contribution in [1.82, 2.24) is 9.38 Å². The Morgan fingerprint density at radius 1 is 1.43 bits per heavy atom. The third-order valence-corrected chi connectivity index (χ3v) is 2.29. The summed E-state index contributed by atoms with van der Waals surface area (Å²) in [5.74, 6) is 0.930. The molecule has 0 bridgehead atoms. The van der Waals surface area contributed by atoms with E-state index in [0.717, 1.165) is 17.0 Å². The van der Waals surface area contributed by atoms with Gasteiger partial charge in [-0.2, -0.15) is 0 Å².